The van der Waals surface area contributed by atoms with Crippen molar-refractivity contribution in [2.75, 3.05) is 0 Å². The molecule has 1 fully saturated rings. The zero-order valence-electron chi connectivity index (χ0n) is 12.8. The van der Waals surface area contributed by atoms with E-state index in [1.807, 2.05) is 0 Å². The number of hydrogen-bond donors (Lipinski definition) is 3. The number of aromatic carboxylic acids is 1. The van der Waals surface area contributed by atoms with Gasteiger partial charge in [0.05, 0.1) is 0 Å². The number of pyridine rings is 1. The molecule has 1 aliphatic carbocycles. The molecule has 3 heterocycles. The summed E-state index contributed by atoms with van der Waals surface area (Å²) in [5, 5.41) is 19.1. The number of aryl methyl sites for hydroxylation is 1. The van der Waals surface area contributed by atoms with Crippen LogP contribution in [0.15, 0.2) is 16.0 Å². The monoisotopic (exact) mass is 362 g/mol. The van der Waals surface area contributed by atoms with Crippen molar-refractivity contribution in [3.8, 4) is 0 Å². The van der Waals surface area contributed by atoms with Gasteiger partial charge in [0.2, 0.25) is 5.56 Å². The van der Waals surface area contributed by atoms with Crippen molar-refractivity contribution in [2.24, 2.45) is 0 Å². The predicted molar refractivity (Wildman–Crippen MR) is 92.1 cm³/mol. The van der Waals surface area contributed by atoms with Crippen molar-refractivity contribution in [2.45, 2.75) is 36.6 Å². The van der Waals surface area contributed by atoms with Gasteiger partial charge in [-0.3, -0.25) is 4.79 Å². The lowest BCUT2D eigenvalue weighted by molar-refractivity contribution is 0.0701. The number of carboxylic acids is 1. The van der Waals surface area contributed by atoms with Crippen LogP contribution in [0.25, 0.3) is 10.2 Å². The highest BCUT2D eigenvalue weighted by molar-refractivity contribution is 7.98. The van der Waals surface area contributed by atoms with Gasteiger partial charge in [0.25, 0.3) is 0 Å². The molecule has 7 nitrogen and oxygen atoms in total. The number of aromatic nitrogens is 4. The summed E-state index contributed by atoms with van der Waals surface area (Å²) in [6.45, 7) is 1.77. The van der Waals surface area contributed by atoms with E-state index in [1.165, 1.54) is 17.8 Å². The van der Waals surface area contributed by atoms with Gasteiger partial charge in [-0.05, 0) is 30.9 Å². The highest BCUT2D eigenvalue weighted by Gasteiger charge is 2.27. The number of H-pyrrole nitrogens is 2. The summed E-state index contributed by atoms with van der Waals surface area (Å²) >= 11 is 2.56. The fourth-order valence-corrected chi connectivity index (χ4v) is 4.57. The fourth-order valence-electron chi connectivity index (χ4n) is 2.69. The minimum Gasteiger partial charge on any atom is -0.477 e. The van der Waals surface area contributed by atoms with Gasteiger partial charge in [0, 0.05) is 23.1 Å². The van der Waals surface area contributed by atoms with Gasteiger partial charge >= 0.3 is 5.97 Å². The number of nitrogens with one attached hydrogen (secondary N) is 2. The van der Waals surface area contributed by atoms with E-state index >= 15 is 0 Å². The zero-order chi connectivity index (χ0) is 16.8. The third kappa shape index (κ3) is 2.73. The third-order valence-electron chi connectivity index (χ3n) is 4.02. The molecule has 1 aliphatic rings. The third-order valence-corrected chi connectivity index (χ3v) is 6.12. The minimum atomic E-state index is -0.975. The Morgan fingerprint density at radius 3 is 2.92 bits per heavy atom. The zero-order valence-corrected chi connectivity index (χ0v) is 14.4. The van der Waals surface area contributed by atoms with Crippen LogP contribution in [0.2, 0.25) is 0 Å². The van der Waals surface area contributed by atoms with Crippen LogP contribution >= 0.6 is 23.1 Å². The number of nitrogens with zero attached hydrogens (tertiary/aromatic N) is 2. The van der Waals surface area contributed by atoms with Crippen molar-refractivity contribution in [1.82, 2.24) is 20.2 Å². The Kier molecular flexibility index (Phi) is 3.69. The van der Waals surface area contributed by atoms with Gasteiger partial charge < -0.3 is 15.1 Å². The van der Waals surface area contributed by atoms with E-state index < -0.39 is 5.97 Å². The number of thiophene rings is 1. The van der Waals surface area contributed by atoms with E-state index in [0.717, 1.165) is 46.1 Å². The first-order valence-electron chi connectivity index (χ1n) is 7.47. The lowest BCUT2D eigenvalue weighted by atomic mass is 10.1. The number of thioether (sulfide) groups is 1. The molecule has 1 saturated carbocycles. The van der Waals surface area contributed by atoms with Crippen LogP contribution in [0.1, 0.15) is 45.4 Å². The maximum Gasteiger partial charge on any atom is 0.346 e. The first kappa shape index (κ1) is 15.4. The molecule has 124 valence electrons. The topological polar surface area (TPSA) is 112 Å². The molecular formula is C15H14N4O3S2. The van der Waals surface area contributed by atoms with Gasteiger partial charge in [-0.25, -0.2) is 4.79 Å². The molecule has 0 amide bonds. The van der Waals surface area contributed by atoms with E-state index in [0.29, 0.717) is 22.1 Å². The summed E-state index contributed by atoms with van der Waals surface area (Å²) in [4.78, 5) is 30.0. The molecule has 0 saturated heterocycles. The molecular weight excluding hydrogens is 348 g/mol. The average molecular weight is 362 g/mol. The molecule has 3 N–H and O–H groups in total. The van der Waals surface area contributed by atoms with Crippen molar-refractivity contribution < 1.29 is 9.90 Å². The second kappa shape index (κ2) is 5.75. The lowest BCUT2D eigenvalue weighted by Gasteiger charge is -2.03. The second-order valence-electron chi connectivity index (χ2n) is 5.80. The number of carboxylic acid groups (broad SMARTS) is 1. The maximum absolute atomic E-state index is 11.9. The normalized spacial score (nSPS) is 14.4. The van der Waals surface area contributed by atoms with E-state index in [1.54, 1.807) is 6.92 Å². The molecule has 3 aromatic rings. The second-order valence-corrected chi connectivity index (χ2v) is 7.79. The molecule has 24 heavy (non-hydrogen) atoms. The van der Waals surface area contributed by atoms with E-state index in [4.69, 9.17) is 0 Å². The Balaban J connectivity index is 1.66. The first-order chi connectivity index (χ1) is 11.5. The Hall–Kier alpha value is -2.13. The van der Waals surface area contributed by atoms with Crippen LogP contribution in [0.4, 0.5) is 0 Å². The number of hydrogen-bond acceptors (Lipinski definition) is 6. The molecule has 0 aromatic carbocycles. The summed E-state index contributed by atoms with van der Waals surface area (Å²) in [7, 11) is 0. The standard InChI is InChI=1S/C15H14N4O3S2/c1-6-10-8(4-9(20)16-13(10)24-11(6)14(21)22)5-23-15-17-12(18-19-15)7-2-3-7/h4,7H,2-3,5H2,1H3,(H,16,20)(H,21,22)(H,17,18,19). The van der Waals surface area contributed by atoms with Gasteiger partial charge in [-0.2, -0.15) is 0 Å². The molecule has 0 unspecified atom stereocenters. The van der Waals surface area contributed by atoms with Crippen molar-refractivity contribution in [3.05, 3.63) is 38.2 Å². The molecule has 9 heteroatoms. The van der Waals surface area contributed by atoms with Crippen molar-refractivity contribution in [3.63, 3.8) is 0 Å². The Morgan fingerprint density at radius 2 is 2.21 bits per heavy atom. The van der Waals surface area contributed by atoms with Crippen LogP contribution < -0.4 is 5.56 Å². The molecule has 0 spiro atoms. The Labute approximate surface area is 144 Å². The molecule has 0 radical (unpaired) electrons. The molecule has 4 rings (SSSR count). The van der Waals surface area contributed by atoms with Gasteiger partial charge in [0.15, 0.2) is 5.16 Å². The molecule has 3 aromatic heterocycles. The summed E-state index contributed by atoms with van der Waals surface area (Å²) in [5.74, 6) is 0.984. The van der Waals surface area contributed by atoms with Gasteiger partial charge in [0.1, 0.15) is 15.5 Å². The lowest BCUT2D eigenvalue weighted by Crippen LogP contribution is -2.05. The summed E-state index contributed by atoms with van der Waals surface area (Å²) in [6.07, 6.45) is 2.31. The summed E-state index contributed by atoms with van der Waals surface area (Å²) in [6, 6.07) is 1.53. The smallest absolute Gasteiger partial charge is 0.346 e. The summed E-state index contributed by atoms with van der Waals surface area (Å²) < 4.78 is 0. The first-order valence-corrected chi connectivity index (χ1v) is 9.27. The van der Waals surface area contributed by atoms with Gasteiger partial charge in [-0.1, -0.05) is 11.8 Å². The Bertz CT molecular complexity index is 1000. The maximum atomic E-state index is 11.9. The van der Waals surface area contributed by atoms with Crippen LogP contribution in [-0.4, -0.2) is 31.2 Å². The molecule has 0 aliphatic heterocycles. The van der Waals surface area contributed by atoms with Gasteiger partial charge in [-0.15, -0.1) is 21.5 Å². The number of aromatic amines is 2. The highest BCUT2D eigenvalue weighted by Crippen LogP contribution is 2.39. The Morgan fingerprint density at radius 1 is 1.42 bits per heavy atom. The fraction of sp³-hybridized carbons (Fsp3) is 0.333. The quantitative estimate of drug-likeness (QED) is 0.602. The number of rotatable bonds is 5. The molecule has 0 atom stereocenters. The van der Waals surface area contributed by atoms with Crippen molar-refractivity contribution in [1.29, 1.82) is 0 Å². The van der Waals surface area contributed by atoms with Crippen LogP contribution in [0, 0.1) is 6.92 Å². The molecule has 0 bridgehead atoms. The largest absolute Gasteiger partial charge is 0.477 e. The predicted octanol–water partition coefficient (Wildman–Crippen LogP) is 2.88. The minimum absolute atomic E-state index is 0.229. The van der Waals surface area contributed by atoms with E-state index in [9.17, 15) is 14.7 Å². The van der Waals surface area contributed by atoms with E-state index in [2.05, 4.69) is 20.2 Å². The number of fused-ring (bicyclic) bond motifs is 1. The highest BCUT2D eigenvalue weighted by atomic mass is 32.2. The number of carbonyl (C=O) groups is 1. The SMILES string of the molecule is Cc1c(C(=O)O)sc2[nH]c(=O)cc(CSc3nnc(C4CC4)[nH]3)c12. The average Bonchev–Trinajstić information content (AvgIpc) is 3.18. The van der Waals surface area contributed by atoms with Crippen LogP contribution in [0.3, 0.4) is 0 Å². The van der Waals surface area contributed by atoms with E-state index in [-0.39, 0.29) is 10.4 Å². The van der Waals surface area contributed by atoms with Crippen LogP contribution in [-0.2, 0) is 5.75 Å². The summed E-state index contributed by atoms with van der Waals surface area (Å²) in [5.41, 5.74) is 1.27. The van der Waals surface area contributed by atoms with Crippen molar-refractivity contribution >= 4 is 39.3 Å². The van der Waals surface area contributed by atoms with Crippen LogP contribution in [0.5, 0.6) is 0 Å².